The molecule has 3 N–H and O–H groups in total. The third kappa shape index (κ3) is 3.55. The Bertz CT molecular complexity index is 599. The van der Waals surface area contributed by atoms with Gasteiger partial charge in [-0.2, -0.15) is 0 Å². The van der Waals surface area contributed by atoms with Gasteiger partial charge in [-0.3, -0.25) is 9.36 Å². The zero-order valence-corrected chi connectivity index (χ0v) is 12.9. The Labute approximate surface area is 128 Å². The third-order valence-electron chi connectivity index (χ3n) is 3.01. The number of hydrogen-bond donors (Lipinski definition) is 2. The van der Waals surface area contributed by atoms with Gasteiger partial charge in [-0.05, 0) is 24.3 Å². The molecule has 0 aliphatic heterocycles. The molecule has 1 aromatic carbocycles. The van der Waals surface area contributed by atoms with Gasteiger partial charge in [0.2, 0.25) is 11.9 Å². The largest absolute Gasteiger partial charge is 0.368 e. The third-order valence-corrected chi connectivity index (χ3v) is 3.83. The molecule has 1 atom stereocenters. The molecule has 0 fully saturated rings. The Kier molecular flexibility index (Phi) is 5.21. The van der Waals surface area contributed by atoms with Gasteiger partial charge in [-0.15, -0.1) is 10.2 Å². The van der Waals surface area contributed by atoms with E-state index in [1.165, 1.54) is 11.8 Å². The minimum atomic E-state index is -0.422. The fourth-order valence-electron chi connectivity index (χ4n) is 2.04. The van der Waals surface area contributed by atoms with Gasteiger partial charge in [0.05, 0.1) is 0 Å². The number of aromatic nitrogens is 3. The van der Waals surface area contributed by atoms with Crippen molar-refractivity contribution in [2.75, 3.05) is 16.8 Å². The van der Waals surface area contributed by atoms with Crippen LogP contribution in [0.1, 0.15) is 26.3 Å². The van der Waals surface area contributed by atoms with Gasteiger partial charge in [-0.25, -0.2) is 0 Å². The summed E-state index contributed by atoms with van der Waals surface area (Å²) in [5, 5.41) is 11.5. The van der Waals surface area contributed by atoms with Crippen LogP contribution in [0.25, 0.3) is 0 Å². The second-order valence-electron chi connectivity index (χ2n) is 4.42. The van der Waals surface area contributed by atoms with E-state index in [1.807, 2.05) is 44.2 Å². The van der Waals surface area contributed by atoms with Crippen LogP contribution in [-0.2, 0) is 4.79 Å². The van der Waals surface area contributed by atoms with Crippen molar-refractivity contribution < 1.29 is 4.79 Å². The maximum absolute atomic E-state index is 12.5. The van der Waals surface area contributed by atoms with Crippen LogP contribution in [0.15, 0.2) is 35.5 Å². The van der Waals surface area contributed by atoms with Gasteiger partial charge in [-0.1, -0.05) is 43.8 Å². The number of nitrogens with zero attached hydrogens (tertiary/aromatic N) is 3. The van der Waals surface area contributed by atoms with Crippen LogP contribution >= 0.6 is 11.8 Å². The number of nitrogens with two attached hydrogens (primary N) is 1. The van der Waals surface area contributed by atoms with Crippen LogP contribution in [0, 0.1) is 0 Å². The summed E-state index contributed by atoms with van der Waals surface area (Å²) in [6.45, 7) is 3.96. The molecule has 112 valence electrons. The maximum atomic E-state index is 12.5. The van der Waals surface area contributed by atoms with E-state index in [0.717, 1.165) is 11.4 Å². The predicted molar refractivity (Wildman–Crippen MR) is 85.2 cm³/mol. The number of rotatable bonds is 6. The van der Waals surface area contributed by atoms with Crippen molar-refractivity contribution in [2.24, 2.45) is 0 Å². The van der Waals surface area contributed by atoms with Gasteiger partial charge in [0.15, 0.2) is 5.16 Å². The van der Waals surface area contributed by atoms with E-state index in [4.69, 9.17) is 5.73 Å². The van der Waals surface area contributed by atoms with Crippen LogP contribution in [-0.4, -0.2) is 26.4 Å². The second kappa shape index (κ2) is 7.12. The molecule has 1 amide bonds. The average molecular weight is 305 g/mol. The fraction of sp³-hybridized carbons (Fsp3) is 0.357. The summed E-state index contributed by atoms with van der Waals surface area (Å²) >= 11 is 1.52. The van der Waals surface area contributed by atoms with Gasteiger partial charge in [0.1, 0.15) is 6.04 Å². The molecule has 1 unspecified atom stereocenters. The SMILES string of the molecule is CCSc1nnc(N)n1C(CC)C(=O)Nc1ccccc1. The molecular formula is C14H19N5OS. The number of benzene rings is 1. The average Bonchev–Trinajstić information content (AvgIpc) is 2.83. The molecule has 2 aromatic rings. The highest BCUT2D eigenvalue weighted by Gasteiger charge is 2.24. The molecule has 0 aliphatic rings. The molecule has 0 bridgehead atoms. The van der Waals surface area contributed by atoms with Crippen LogP contribution in [0.4, 0.5) is 11.6 Å². The van der Waals surface area contributed by atoms with Crippen LogP contribution in [0.3, 0.4) is 0 Å². The number of para-hydroxylation sites is 1. The molecule has 2 rings (SSSR count). The lowest BCUT2D eigenvalue weighted by molar-refractivity contribution is -0.119. The molecule has 0 aliphatic carbocycles. The van der Waals surface area contributed by atoms with E-state index in [2.05, 4.69) is 15.5 Å². The minimum absolute atomic E-state index is 0.117. The molecule has 1 aromatic heterocycles. The van der Waals surface area contributed by atoms with E-state index < -0.39 is 6.04 Å². The van der Waals surface area contributed by atoms with Crippen molar-refractivity contribution in [3.63, 3.8) is 0 Å². The number of nitrogen functional groups attached to an aromatic ring is 1. The van der Waals surface area contributed by atoms with E-state index >= 15 is 0 Å². The lowest BCUT2D eigenvalue weighted by Gasteiger charge is -2.18. The number of thioether (sulfide) groups is 1. The quantitative estimate of drug-likeness (QED) is 0.801. The molecule has 0 saturated carbocycles. The maximum Gasteiger partial charge on any atom is 0.247 e. The Morgan fingerprint density at radius 3 is 2.67 bits per heavy atom. The smallest absolute Gasteiger partial charge is 0.247 e. The zero-order chi connectivity index (χ0) is 15.2. The molecule has 1 heterocycles. The van der Waals surface area contributed by atoms with E-state index in [-0.39, 0.29) is 11.9 Å². The minimum Gasteiger partial charge on any atom is -0.368 e. The van der Waals surface area contributed by atoms with Crippen molar-refractivity contribution in [1.29, 1.82) is 0 Å². The molecule has 0 radical (unpaired) electrons. The first-order valence-corrected chi connectivity index (χ1v) is 7.85. The summed E-state index contributed by atoms with van der Waals surface area (Å²) in [5.41, 5.74) is 6.64. The molecule has 0 spiro atoms. The van der Waals surface area contributed by atoms with Crippen molar-refractivity contribution in [1.82, 2.24) is 14.8 Å². The lowest BCUT2D eigenvalue weighted by Crippen LogP contribution is -2.27. The van der Waals surface area contributed by atoms with Crippen LogP contribution in [0.2, 0.25) is 0 Å². The highest BCUT2D eigenvalue weighted by atomic mass is 32.2. The van der Waals surface area contributed by atoms with Gasteiger partial charge >= 0.3 is 0 Å². The lowest BCUT2D eigenvalue weighted by atomic mass is 10.2. The van der Waals surface area contributed by atoms with Gasteiger partial charge in [0, 0.05) is 5.69 Å². The topological polar surface area (TPSA) is 85.8 Å². The number of nitrogens with one attached hydrogen (secondary N) is 1. The Balaban J connectivity index is 2.23. The second-order valence-corrected chi connectivity index (χ2v) is 5.65. The van der Waals surface area contributed by atoms with Crippen molar-refractivity contribution >= 4 is 29.3 Å². The number of hydrogen-bond acceptors (Lipinski definition) is 5. The summed E-state index contributed by atoms with van der Waals surface area (Å²) in [5.74, 6) is 0.990. The predicted octanol–water partition coefficient (Wildman–Crippen LogP) is 2.56. The number of carbonyl (C=O) groups excluding carboxylic acids is 1. The Morgan fingerprint density at radius 2 is 2.05 bits per heavy atom. The first-order chi connectivity index (χ1) is 10.2. The molecule has 0 saturated heterocycles. The summed E-state index contributed by atoms with van der Waals surface area (Å²) in [6, 6.07) is 8.93. The van der Waals surface area contributed by atoms with Crippen molar-refractivity contribution in [3.8, 4) is 0 Å². The number of carbonyl (C=O) groups is 1. The van der Waals surface area contributed by atoms with Gasteiger partial charge in [0.25, 0.3) is 0 Å². The van der Waals surface area contributed by atoms with E-state index in [9.17, 15) is 4.79 Å². The van der Waals surface area contributed by atoms with E-state index in [0.29, 0.717) is 11.6 Å². The number of anilines is 2. The van der Waals surface area contributed by atoms with Crippen LogP contribution in [0.5, 0.6) is 0 Å². The standard InChI is InChI=1S/C14H19N5OS/c1-3-11(12(20)16-10-8-6-5-7-9-10)19-13(15)17-18-14(19)21-4-2/h5-9,11H,3-4H2,1-2H3,(H2,15,17)(H,16,20). The van der Waals surface area contributed by atoms with Crippen molar-refractivity contribution in [3.05, 3.63) is 30.3 Å². The highest BCUT2D eigenvalue weighted by Crippen LogP contribution is 2.25. The fourth-order valence-corrected chi connectivity index (χ4v) is 2.76. The molecule has 21 heavy (non-hydrogen) atoms. The summed E-state index contributed by atoms with van der Waals surface area (Å²) in [4.78, 5) is 12.5. The number of amides is 1. The van der Waals surface area contributed by atoms with Crippen LogP contribution < -0.4 is 11.1 Å². The zero-order valence-electron chi connectivity index (χ0n) is 12.1. The Morgan fingerprint density at radius 1 is 1.33 bits per heavy atom. The van der Waals surface area contributed by atoms with Gasteiger partial charge < -0.3 is 11.1 Å². The monoisotopic (exact) mass is 305 g/mol. The summed E-state index contributed by atoms with van der Waals surface area (Å²) < 4.78 is 1.70. The molecule has 7 heteroatoms. The summed E-state index contributed by atoms with van der Waals surface area (Å²) in [6.07, 6.45) is 0.609. The molecule has 6 nitrogen and oxygen atoms in total. The Hall–Kier alpha value is -2.02. The normalized spacial score (nSPS) is 12.1. The highest BCUT2D eigenvalue weighted by molar-refractivity contribution is 7.99. The van der Waals surface area contributed by atoms with Crippen molar-refractivity contribution in [2.45, 2.75) is 31.5 Å². The summed E-state index contributed by atoms with van der Waals surface area (Å²) in [7, 11) is 0. The first kappa shape index (κ1) is 15.4. The van der Waals surface area contributed by atoms with E-state index in [1.54, 1.807) is 4.57 Å². The first-order valence-electron chi connectivity index (χ1n) is 6.86. The molecular weight excluding hydrogens is 286 g/mol.